The Morgan fingerprint density at radius 3 is 2.57 bits per heavy atom. The first kappa shape index (κ1) is 18.7. The molecule has 1 saturated carbocycles. The minimum absolute atomic E-state index is 0.00307. The highest BCUT2D eigenvalue weighted by molar-refractivity contribution is 5.97. The Hall–Kier alpha value is -2.65. The van der Waals surface area contributed by atoms with Crippen LogP contribution in [0, 0.1) is 5.82 Å². The molecule has 3 N–H and O–H groups in total. The Morgan fingerprint density at radius 1 is 1.32 bits per heavy atom. The molecule has 2 heterocycles. The minimum atomic E-state index is -1.33. The Balaban J connectivity index is 2.00. The number of aromatic nitrogens is 1. The molecule has 1 aliphatic heterocycles. The lowest BCUT2D eigenvalue weighted by atomic mass is 10.1. The molecule has 2 fully saturated rings. The van der Waals surface area contributed by atoms with Crippen molar-refractivity contribution in [3.63, 3.8) is 0 Å². The summed E-state index contributed by atoms with van der Waals surface area (Å²) in [6.07, 6.45) is 2.79. The number of carbonyl (C=O) groups is 1. The molecule has 0 amide bonds. The number of halogens is 1. The van der Waals surface area contributed by atoms with Crippen molar-refractivity contribution in [2.45, 2.75) is 31.0 Å². The number of methoxy groups -OCH3 is 2. The summed E-state index contributed by atoms with van der Waals surface area (Å²) in [6.45, 7) is 0.759. The van der Waals surface area contributed by atoms with Gasteiger partial charge in [-0.2, -0.15) is 0 Å². The molecule has 0 bridgehead atoms. The fraction of sp³-hybridized carbons (Fsp3) is 0.474. The van der Waals surface area contributed by atoms with Gasteiger partial charge in [0.05, 0.1) is 30.2 Å². The smallest absolute Gasteiger partial charge is 0.341 e. The van der Waals surface area contributed by atoms with Crippen molar-refractivity contribution in [1.29, 1.82) is 0 Å². The molecule has 28 heavy (non-hydrogen) atoms. The first-order chi connectivity index (χ1) is 13.4. The zero-order valence-electron chi connectivity index (χ0n) is 15.6. The second-order valence-corrected chi connectivity index (χ2v) is 7.29. The lowest BCUT2D eigenvalue weighted by Gasteiger charge is -2.24. The Morgan fingerprint density at radius 2 is 2.04 bits per heavy atom. The van der Waals surface area contributed by atoms with Crippen molar-refractivity contribution in [1.82, 2.24) is 4.57 Å². The third-order valence-electron chi connectivity index (χ3n) is 5.50. The number of ether oxygens (including phenoxy) is 2. The maximum atomic E-state index is 15.1. The van der Waals surface area contributed by atoms with Crippen LogP contribution in [-0.4, -0.2) is 55.1 Å². The summed E-state index contributed by atoms with van der Waals surface area (Å²) in [5, 5.41) is 9.38. The number of pyridine rings is 1. The molecular weight excluding hydrogens is 369 g/mol. The summed E-state index contributed by atoms with van der Waals surface area (Å²) in [5.74, 6) is -1.78. The normalized spacial score (nSPS) is 22.1. The first-order valence-corrected chi connectivity index (χ1v) is 9.09. The van der Waals surface area contributed by atoms with Crippen molar-refractivity contribution in [2.24, 2.45) is 5.73 Å². The molecule has 9 heteroatoms. The number of hydrogen-bond donors (Lipinski definition) is 2. The summed E-state index contributed by atoms with van der Waals surface area (Å²) in [4.78, 5) is 26.0. The molecule has 0 unspecified atom stereocenters. The number of benzene rings is 1. The predicted octanol–water partition coefficient (Wildman–Crippen LogP) is 1.34. The number of aromatic carboxylic acids is 1. The molecule has 4 rings (SSSR count). The van der Waals surface area contributed by atoms with Gasteiger partial charge in [-0.1, -0.05) is 0 Å². The van der Waals surface area contributed by atoms with Crippen LogP contribution in [0.5, 0.6) is 5.75 Å². The summed E-state index contributed by atoms with van der Waals surface area (Å²) < 4.78 is 27.8. The third kappa shape index (κ3) is 2.82. The largest absolute Gasteiger partial charge is 0.492 e. The fourth-order valence-electron chi connectivity index (χ4n) is 3.96. The molecular formula is C19H22FN3O5. The fourth-order valence-corrected chi connectivity index (χ4v) is 3.96. The van der Waals surface area contributed by atoms with Crippen LogP contribution in [0.4, 0.5) is 10.1 Å². The second-order valence-electron chi connectivity index (χ2n) is 7.29. The number of carboxylic acid groups (broad SMARTS) is 1. The molecule has 1 aromatic carbocycles. The van der Waals surface area contributed by atoms with E-state index in [2.05, 4.69) is 0 Å². The van der Waals surface area contributed by atoms with E-state index in [1.54, 1.807) is 16.6 Å². The minimum Gasteiger partial charge on any atom is -0.492 e. The van der Waals surface area contributed by atoms with Crippen LogP contribution in [0.25, 0.3) is 10.9 Å². The number of fused-ring (bicyclic) bond motifs is 1. The number of nitrogens with zero attached hydrogens (tertiary/aromatic N) is 2. The van der Waals surface area contributed by atoms with Gasteiger partial charge in [0.15, 0.2) is 11.6 Å². The van der Waals surface area contributed by atoms with Crippen molar-refractivity contribution < 1.29 is 23.8 Å². The monoisotopic (exact) mass is 391 g/mol. The van der Waals surface area contributed by atoms with Gasteiger partial charge in [-0.25, -0.2) is 9.18 Å². The number of hydrogen-bond acceptors (Lipinski definition) is 6. The van der Waals surface area contributed by atoms with Gasteiger partial charge in [-0.05, 0) is 18.9 Å². The predicted molar refractivity (Wildman–Crippen MR) is 101 cm³/mol. The number of carboxylic acids is 1. The topological polar surface area (TPSA) is 107 Å². The molecule has 1 saturated heterocycles. The summed E-state index contributed by atoms with van der Waals surface area (Å²) in [6, 6.07) is 0.873. The zero-order valence-corrected chi connectivity index (χ0v) is 15.6. The van der Waals surface area contributed by atoms with E-state index in [1.165, 1.54) is 13.3 Å². The Kier molecular flexibility index (Phi) is 4.51. The Labute approximate surface area is 160 Å². The standard InChI is InChI=1S/C19H22FN3O5/c1-27-14-8-22(7-13(14)21)16-12(20)5-10-15(18(16)28-2)23(9-3-4-9)6-11(17(10)24)19(25)26/h5-6,9,13-14H,3-4,7-8,21H2,1-2H3,(H,25,26)/t13-,14+/m1/s1. The van der Waals surface area contributed by atoms with E-state index >= 15 is 4.39 Å². The molecule has 0 radical (unpaired) electrons. The van der Waals surface area contributed by atoms with Crippen molar-refractivity contribution >= 4 is 22.6 Å². The average Bonchev–Trinajstić information content (AvgIpc) is 3.43. The second kappa shape index (κ2) is 6.75. The van der Waals surface area contributed by atoms with Crippen LogP contribution < -0.4 is 20.8 Å². The number of rotatable bonds is 5. The van der Waals surface area contributed by atoms with Gasteiger partial charge in [0.2, 0.25) is 5.43 Å². The number of anilines is 1. The van der Waals surface area contributed by atoms with Crippen molar-refractivity contribution in [3.8, 4) is 5.75 Å². The van der Waals surface area contributed by atoms with Gasteiger partial charge < -0.3 is 29.8 Å². The quantitative estimate of drug-likeness (QED) is 0.792. The molecule has 150 valence electrons. The van der Waals surface area contributed by atoms with Crippen LogP contribution in [-0.2, 0) is 4.74 Å². The maximum Gasteiger partial charge on any atom is 0.341 e. The van der Waals surface area contributed by atoms with Gasteiger partial charge in [0, 0.05) is 32.4 Å². The van der Waals surface area contributed by atoms with Gasteiger partial charge in [0.1, 0.15) is 11.3 Å². The lowest BCUT2D eigenvalue weighted by molar-refractivity contribution is 0.0694. The molecule has 2 aromatic rings. The van der Waals surface area contributed by atoms with E-state index in [1.807, 2.05) is 0 Å². The van der Waals surface area contributed by atoms with E-state index in [-0.39, 0.29) is 40.6 Å². The van der Waals surface area contributed by atoms with Crippen LogP contribution in [0.3, 0.4) is 0 Å². The van der Waals surface area contributed by atoms with Gasteiger partial charge in [-0.3, -0.25) is 4.79 Å². The summed E-state index contributed by atoms with van der Waals surface area (Å²) in [7, 11) is 2.97. The number of nitrogens with two attached hydrogens (primary N) is 1. The lowest BCUT2D eigenvalue weighted by Crippen LogP contribution is -2.34. The van der Waals surface area contributed by atoms with Gasteiger partial charge in [0.25, 0.3) is 0 Å². The van der Waals surface area contributed by atoms with E-state index in [0.717, 1.165) is 18.9 Å². The van der Waals surface area contributed by atoms with Gasteiger partial charge >= 0.3 is 5.97 Å². The van der Waals surface area contributed by atoms with E-state index in [9.17, 15) is 14.7 Å². The molecule has 1 aromatic heterocycles. The van der Waals surface area contributed by atoms with Crippen molar-refractivity contribution in [2.75, 3.05) is 32.2 Å². The maximum absolute atomic E-state index is 15.1. The van der Waals surface area contributed by atoms with Crippen LogP contribution in [0.15, 0.2) is 17.1 Å². The highest BCUT2D eigenvalue weighted by Gasteiger charge is 2.36. The van der Waals surface area contributed by atoms with Crippen molar-refractivity contribution in [3.05, 3.63) is 33.9 Å². The van der Waals surface area contributed by atoms with E-state index in [4.69, 9.17) is 15.2 Å². The highest BCUT2D eigenvalue weighted by Crippen LogP contribution is 2.44. The first-order valence-electron chi connectivity index (χ1n) is 9.09. The van der Waals surface area contributed by atoms with Crippen LogP contribution >= 0.6 is 0 Å². The molecule has 2 aliphatic rings. The molecule has 2 atom stereocenters. The molecule has 8 nitrogen and oxygen atoms in total. The summed E-state index contributed by atoms with van der Waals surface area (Å²) in [5.41, 5.74) is 5.60. The Bertz CT molecular complexity index is 1020. The summed E-state index contributed by atoms with van der Waals surface area (Å²) >= 11 is 0. The van der Waals surface area contributed by atoms with E-state index in [0.29, 0.717) is 18.6 Å². The zero-order chi connectivity index (χ0) is 20.2. The molecule has 1 aliphatic carbocycles. The molecule has 0 spiro atoms. The van der Waals surface area contributed by atoms with Crippen LogP contribution in [0.1, 0.15) is 29.2 Å². The highest BCUT2D eigenvalue weighted by atomic mass is 19.1. The van der Waals surface area contributed by atoms with E-state index < -0.39 is 17.2 Å². The average molecular weight is 391 g/mol. The van der Waals surface area contributed by atoms with Gasteiger partial charge in [-0.15, -0.1) is 0 Å². The van der Waals surface area contributed by atoms with Crippen LogP contribution in [0.2, 0.25) is 0 Å². The third-order valence-corrected chi connectivity index (χ3v) is 5.50. The SMILES string of the molecule is COc1c(N2C[C@@H](N)[C@@H](OC)C2)c(F)cc2c(=O)c(C(=O)O)cn(C3CC3)c12.